The number of hydrogen-bond donors (Lipinski definition) is 2. The molecule has 0 fully saturated rings. The molecule has 1 aromatic rings. The Bertz CT molecular complexity index is 338. The summed E-state index contributed by atoms with van der Waals surface area (Å²) >= 11 is 1.76. The number of thiophene rings is 1. The normalized spacial score (nSPS) is 14.2. The van der Waals surface area contributed by atoms with Crippen LogP contribution in [0.1, 0.15) is 38.5 Å². The van der Waals surface area contributed by atoms with Gasteiger partial charge in [-0.25, -0.2) is 0 Å². The van der Waals surface area contributed by atoms with E-state index >= 15 is 0 Å². The first kappa shape index (κ1) is 15.2. The molecule has 0 aromatic carbocycles. The summed E-state index contributed by atoms with van der Waals surface area (Å²) in [5, 5.41) is 8.37. The summed E-state index contributed by atoms with van der Waals surface area (Å²) in [5.74, 6) is 0.0992. The molecule has 0 saturated heterocycles. The van der Waals surface area contributed by atoms with E-state index in [-0.39, 0.29) is 18.0 Å². The number of carbonyl (C=O) groups excluding carboxylic acids is 1. The van der Waals surface area contributed by atoms with Crippen molar-refractivity contribution in [1.29, 1.82) is 0 Å². The Balaban J connectivity index is 2.19. The van der Waals surface area contributed by atoms with E-state index in [9.17, 15) is 4.79 Å². The Kier molecular flexibility index (Phi) is 6.98. The van der Waals surface area contributed by atoms with Gasteiger partial charge in [0, 0.05) is 17.5 Å². The molecule has 1 amide bonds. The molecule has 0 spiro atoms. The lowest BCUT2D eigenvalue weighted by molar-refractivity contribution is -0.123. The van der Waals surface area contributed by atoms with Gasteiger partial charge in [0.2, 0.25) is 5.91 Å². The van der Waals surface area contributed by atoms with Crippen molar-refractivity contribution in [3.8, 4) is 0 Å². The van der Waals surface area contributed by atoms with Crippen molar-refractivity contribution in [2.75, 3.05) is 6.54 Å². The minimum absolute atomic E-state index is 0.0992. The highest BCUT2D eigenvalue weighted by Gasteiger charge is 2.13. The van der Waals surface area contributed by atoms with Gasteiger partial charge in [0.05, 0.1) is 6.04 Å². The number of amides is 1. The molecule has 0 aliphatic carbocycles. The predicted octanol–water partition coefficient (Wildman–Crippen LogP) is 2.57. The monoisotopic (exact) mass is 268 g/mol. The van der Waals surface area contributed by atoms with Crippen LogP contribution in [0, 0.1) is 0 Å². The molecular formula is C14H24N2OS. The van der Waals surface area contributed by atoms with Crippen molar-refractivity contribution >= 4 is 17.2 Å². The Hall–Kier alpha value is -0.870. The molecule has 2 N–H and O–H groups in total. The zero-order valence-corrected chi connectivity index (χ0v) is 12.3. The van der Waals surface area contributed by atoms with Crippen molar-refractivity contribution in [1.82, 2.24) is 10.6 Å². The van der Waals surface area contributed by atoms with Crippen LogP contribution >= 0.6 is 11.3 Å². The Labute approximate surface area is 114 Å². The van der Waals surface area contributed by atoms with E-state index in [1.54, 1.807) is 11.3 Å². The van der Waals surface area contributed by atoms with E-state index < -0.39 is 0 Å². The van der Waals surface area contributed by atoms with E-state index in [1.165, 1.54) is 4.88 Å². The second-order valence-electron chi connectivity index (χ2n) is 4.70. The maximum Gasteiger partial charge on any atom is 0.237 e. The molecule has 1 heterocycles. The van der Waals surface area contributed by atoms with Gasteiger partial charge in [-0.05, 0) is 38.1 Å². The molecule has 0 radical (unpaired) electrons. The standard InChI is InChI=1S/C14H24N2OS/c1-4-6-11(2)16-14(17)12(3)15-9-8-13-7-5-10-18-13/h5,7,10-12,15H,4,6,8-9H2,1-3H3,(H,16,17). The van der Waals surface area contributed by atoms with Crippen LogP contribution in [0.2, 0.25) is 0 Å². The van der Waals surface area contributed by atoms with Crippen LogP contribution in [0.3, 0.4) is 0 Å². The Morgan fingerprint density at radius 2 is 2.22 bits per heavy atom. The molecule has 1 aromatic heterocycles. The Morgan fingerprint density at radius 1 is 1.44 bits per heavy atom. The highest BCUT2D eigenvalue weighted by atomic mass is 32.1. The van der Waals surface area contributed by atoms with Gasteiger partial charge in [-0.15, -0.1) is 11.3 Å². The van der Waals surface area contributed by atoms with Crippen LogP contribution in [-0.2, 0) is 11.2 Å². The quantitative estimate of drug-likeness (QED) is 0.761. The molecule has 2 unspecified atom stereocenters. The first-order valence-electron chi connectivity index (χ1n) is 6.69. The van der Waals surface area contributed by atoms with Gasteiger partial charge in [0.15, 0.2) is 0 Å². The molecule has 1 rings (SSSR count). The smallest absolute Gasteiger partial charge is 0.237 e. The molecular weight excluding hydrogens is 244 g/mol. The van der Waals surface area contributed by atoms with E-state index in [1.807, 2.05) is 6.92 Å². The summed E-state index contributed by atoms with van der Waals surface area (Å²) in [7, 11) is 0. The van der Waals surface area contributed by atoms with Crippen LogP contribution in [0.15, 0.2) is 17.5 Å². The summed E-state index contributed by atoms with van der Waals surface area (Å²) in [4.78, 5) is 13.2. The largest absolute Gasteiger partial charge is 0.352 e. The van der Waals surface area contributed by atoms with Crippen molar-refractivity contribution in [2.45, 2.75) is 52.1 Å². The fourth-order valence-electron chi connectivity index (χ4n) is 1.83. The van der Waals surface area contributed by atoms with Gasteiger partial charge in [0.1, 0.15) is 0 Å². The second-order valence-corrected chi connectivity index (χ2v) is 5.74. The fraction of sp³-hybridized carbons (Fsp3) is 0.643. The van der Waals surface area contributed by atoms with Gasteiger partial charge >= 0.3 is 0 Å². The van der Waals surface area contributed by atoms with Crippen molar-refractivity contribution in [3.05, 3.63) is 22.4 Å². The van der Waals surface area contributed by atoms with Crippen molar-refractivity contribution in [3.63, 3.8) is 0 Å². The third kappa shape index (κ3) is 5.65. The van der Waals surface area contributed by atoms with E-state index in [0.717, 1.165) is 25.8 Å². The van der Waals surface area contributed by atoms with Gasteiger partial charge in [0.25, 0.3) is 0 Å². The fourth-order valence-corrected chi connectivity index (χ4v) is 2.54. The van der Waals surface area contributed by atoms with Crippen LogP contribution in [0.25, 0.3) is 0 Å². The average molecular weight is 268 g/mol. The van der Waals surface area contributed by atoms with Crippen LogP contribution in [-0.4, -0.2) is 24.5 Å². The highest BCUT2D eigenvalue weighted by molar-refractivity contribution is 7.09. The lowest BCUT2D eigenvalue weighted by Crippen LogP contribution is -2.45. The lowest BCUT2D eigenvalue weighted by Gasteiger charge is -2.18. The minimum atomic E-state index is -0.121. The minimum Gasteiger partial charge on any atom is -0.352 e. The summed E-state index contributed by atoms with van der Waals surface area (Å²) in [5.41, 5.74) is 0. The first-order valence-corrected chi connectivity index (χ1v) is 7.57. The number of rotatable bonds is 8. The molecule has 0 aliphatic rings. The zero-order chi connectivity index (χ0) is 13.4. The van der Waals surface area contributed by atoms with E-state index in [0.29, 0.717) is 0 Å². The zero-order valence-electron chi connectivity index (χ0n) is 11.5. The molecule has 102 valence electrons. The molecule has 0 aliphatic heterocycles. The average Bonchev–Trinajstić information content (AvgIpc) is 2.82. The summed E-state index contributed by atoms with van der Waals surface area (Å²) in [6, 6.07) is 4.33. The molecule has 0 saturated carbocycles. The summed E-state index contributed by atoms with van der Waals surface area (Å²) < 4.78 is 0. The molecule has 18 heavy (non-hydrogen) atoms. The molecule has 0 bridgehead atoms. The SMILES string of the molecule is CCCC(C)NC(=O)C(C)NCCc1cccs1. The highest BCUT2D eigenvalue weighted by Crippen LogP contribution is 2.08. The van der Waals surface area contributed by atoms with Crippen LogP contribution < -0.4 is 10.6 Å². The van der Waals surface area contributed by atoms with Gasteiger partial charge in [-0.1, -0.05) is 19.4 Å². The number of carbonyl (C=O) groups is 1. The third-order valence-electron chi connectivity index (χ3n) is 2.91. The maximum absolute atomic E-state index is 11.8. The molecule has 3 nitrogen and oxygen atoms in total. The van der Waals surface area contributed by atoms with E-state index in [2.05, 4.69) is 42.0 Å². The van der Waals surface area contributed by atoms with Crippen LogP contribution in [0.4, 0.5) is 0 Å². The number of hydrogen-bond acceptors (Lipinski definition) is 3. The van der Waals surface area contributed by atoms with Crippen LogP contribution in [0.5, 0.6) is 0 Å². The third-order valence-corrected chi connectivity index (χ3v) is 3.84. The van der Waals surface area contributed by atoms with Gasteiger partial charge < -0.3 is 10.6 Å². The topological polar surface area (TPSA) is 41.1 Å². The molecule has 2 atom stereocenters. The van der Waals surface area contributed by atoms with Crippen molar-refractivity contribution < 1.29 is 4.79 Å². The van der Waals surface area contributed by atoms with E-state index in [4.69, 9.17) is 0 Å². The summed E-state index contributed by atoms with van der Waals surface area (Å²) in [6.45, 7) is 6.95. The van der Waals surface area contributed by atoms with Crippen molar-refractivity contribution in [2.24, 2.45) is 0 Å². The van der Waals surface area contributed by atoms with Gasteiger partial charge in [-0.2, -0.15) is 0 Å². The lowest BCUT2D eigenvalue weighted by atomic mass is 10.2. The second kappa shape index (κ2) is 8.27. The number of nitrogens with one attached hydrogen (secondary N) is 2. The van der Waals surface area contributed by atoms with Gasteiger partial charge in [-0.3, -0.25) is 4.79 Å². The maximum atomic E-state index is 11.8. The predicted molar refractivity (Wildman–Crippen MR) is 78.0 cm³/mol. The Morgan fingerprint density at radius 3 is 2.83 bits per heavy atom. The molecule has 4 heteroatoms. The summed E-state index contributed by atoms with van der Waals surface area (Å²) in [6.07, 6.45) is 3.12. The first-order chi connectivity index (χ1) is 8.63.